The van der Waals surface area contributed by atoms with Gasteiger partial charge in [0, 0.05) is 13.0 Å². The summed E-state index contributed by atoms with van der Waals surface area (Å²) >= 11 is 6.95. The molecule has 18 heavy (non-hydrogen) atoms. The molecule has 0 aliphatic carbocycles. The second-order valence-corrected chi connectivity index (χ2v) is 4.51. The Kier molecular flexibility index (Phi) is 4.11. The van der Waals surface area contributed by atoms with Crippen molar-refractivity contribution in [3.63, 3.8) is 0 Å². The van der Waals surface area contributed by atoms with Crippen LogP contribution < -0.4 is 5.32 Å². The molecule has 0 saturated carbocycles. The van der Waals surface area contributed by atoms with Crippen LogP contribution >= 0.6 is 22.9 Å². The summed E-state index contributed by atoms with van der Waals surface area (Å²) in [7, 11) is 1.29. The minimum Gasteiger partial charge on any atom is -0.465 e. The molecule has 0 unspecified atom stereocenters. The third kappa shape index (κ3) is 2.96. The lowest BCUT2D eigenvalue weighted by molar-refractivity contribution is 0.0606. The molecule has 0 fully saturated rings. The number of carbonyl (C=O) groups excluding carboxylic acids is 1. The molecule has 0 aliphatic rings. The van der Waals surface area contributed by atoms with Crippen LogP contribution in [-0.4, -0.2) is 34.7 Å². The zero-order chi connectivity index (χ0) is 13.0. The Morgan fingerprint density at radius 1 is 1.67 bits per heavy atom. The lowest BCUT2D eigenvalue weighted by Crippen LogP contribution is -2.05. The first kappa shape index (κ1) is 12.8. The molecule has 0 amide bonds. The number of nitrogens with zero attached hydrogens (tertiary/aromatic N) is 3. The second-order valence-electron chi connectivity index (χ2n) is 3.15. The van der Waals surface area contributed by atoms with Gasteiger partial charge in [0.1, 0.15) is 0 Å². The highest BCUT2D eigenvalue weighted by Crippen LogP contribution is 2.27. The van der Waals surface area contributed by atoms with Crippen molar-refractivity contribution < 1.29 is 14.1 Å². The average molecular weight is 289 g/mol. The number of esters is 1. The van der Waals surface area contributed by atoms with Crippen molar-refractivity contribution in [3.05, 3.63) is 22.2 Å². The highest BCUT2D eigenvalue weighted by Gasteiger charge is 2.17. The number of halogens is 1. The van der Waals surface area contributed by atoms with Crippen LogP contribution in [0.3, 0.4) is 0 Å². The molecule has 7 nitrogen and oxygen atoms in total. The molecular formula is C9H9ClN4O3S. The molecule has 0 bridgehead atoms. The molecule has 2 aromatic heterocycles. The van der Waals surface area contributed by atoms with Gasteiger partial charge in [-0.15, -0.1) is 0 Å². The van der Waals surface area contributed by atoms with Crippen molar-refractivity contribution >= 4 is 34.0 Å². The second kappa shape index (κ2) is 5.78. The van der Waals surface area contributed by atoms with E-state index in [1.54, 1.807) is 0 Å². The fourth-order valence-electron chi connectivity index (χ4n) is 1.18. The predicted octanol–water partition coefficient (Wildman–Crippen LogP) is 1.62. The van der Waals surface area contributed by atoms with E-state index in [2.05, 4.69) is 29.7 Å². The zero-order valence-corrected chi connectivity index (χ0v) is 10.9. The average Bonchev–Trinajstić information content (AvgIpc) is 2.98. The van der Waals surface area contributed by atoms with Gasteiger partial charge in [-0.25, -0.2) is 9.78 Å². The fraction of sp³-hybridized carbons (Fsp3) is 0.333. The molecule has 0 aromatic carbocycles. The molecular weight excluding hydrogens is 280 g/mol. The molecule has 0 saturated heterocycles. The van der Waals surface area contributed by atoms with Gasteiger partial charge in [0.25, 0.3) is 0 Å². The molecule has 9 heteroatoms. The SMILES string of the molecule is COC(=O)c1sc(NCCc2ncon2)nc1Cl. The van der Waals surface area contributed by atoms with Gasteiger partial charge >= 0.3 is 5.97 Å². The summed E-state index contributed by atoms with van der Waals surface area (Å²) < 4.78 is 9.18. The number of anilines is 1. The van der Waals surface area contributed by atoms with Crippen LogP contribution in [0.2, 0.25) is 5.15 Å². The maximum absolute atomic E-state index is 11.3. The van der Waals surface area contributed by atoms with Gasteiger partial charge in [0.2, 0.25) is 6.39 Å². The minimum absolute atomic E-state index is 0.133. The molecule has 2 heterocycles. The lowest BCUT2D eigenvalue weighted by atomic mass is 10.4. The van der Waals surface area contributed by atoms with Crippen molar-refractivity contribution in [1.29, 1.82) is 0 Å². The van der Waals surface area contributed by atoms with Gasteiger partial charge in [-0.2, -0.15) is 4.98 Å². The number of ether oxygens (including phenoxy) is 1. The number of aromatic nitrogens is 3. The first-order valence-corrected chi connectivity index (χ1v) is 6.14. The molecule has 0 spiro atoms. The highest BCUT2D eigenvalue weighted by atomic mass is 35.5. The van der Waals surface area contributed by atoms with Crippen molar-refractivity contribution in [2.75, 3.05) is 19.0 Å². The van der Waals surface area contributed by atoms with Crippen LogP contribution in [-0.2, 0) is 11.2 Å². The van der Waals surface area contributed by atoms with Gasteiger partial charge in [0.15, 0.2) is 21.0 Å². The number of nitrogens with one attached hydrogen (secondary N) is 1. The van der Waals surface area contributed by atoms with Crippen molar-refractivity contribution in [2.24, 2.45) is 0 Å². The Morgan fingerprint density at radius 2 is 2.50 bits per heavy atom. The Balaban J connectivity index is 1.92. The number of thiazole rings is 1. The van der Waals surface area contributed by atoms with Crippen LogP contribution in [0, 0.1) is 0 Å². The van der Waals surface area contributed by atoms with Crippen LogP contribution in [0.5, 0.6) is 0 Å². The largest absolute Gasteiger partial charge is 0.465 e. The van der Waals surface area contributed by atoms with Crippen LogP contribution in [0.4, 0.5) is 5.13 Å². The molecule has 96 valence electrons. The first-order chi connectivity index (χ1) is 8.70. The summed E-state index contributed by atoms with van der Waals surface area (Å²) in [5.74, 6) is 0.0991. The van der Waals surface area contributed by atoms with E-state index < -0.39 is 5.97 Å². The number of hydrogen-bond donors (Lipinski definition) is 1. The summed E-state index contributed by atoms with van der Waals surface area (Å²) in [6.45, 7) is 0.560. The van der Waals surface area contributed by atoms with Crippen LogP contribution in [0.25, 0.3) is 0 Å². The number of methoxy groups -OCH3 is 1. The van der Waals surface area contributed by atoms with E-state index >= 15 is 0 Å². The Morgan fingerprint density at radius 3 is 3.17 bits per heavy atom. The molecule has 0 aliphatic heterocycles. The predicted molar refractivity (Wildman–Crippen MR) is 65.0 cm³/mol. The Bertz CT molecular complexity index is 528. The summed E-state index contributed by atoms with van der Waals surface area (Å²) in [5.41, 5.74) is 0. The van der Waals surface area contributed by atoms with Gasteiger partial charge in [-0.05, 0) is 0 Å². The summed E-state index contributed by atoms with van der Waals surface area (Å²) in [4.78, 5) is 19.5. The molecule has 1 N–H and O–H groups in total. The van der Waals surface area contributed by atoms with Gasteiger partial charge in [0.05, 0.1) is 7.11 Å². The lowest BCUT2D eigenvalue weighted by Gasteiger charge is -1.98. The topological polar surface area (TPSA) is 90.1 Å². The number of carbonyl (C=O) groups is 1. The minimum atomic E-state index is -0.497. The molecule has 2 aromatic rings. The smallest absolute Gasteiger partial charge is 0.351 e. The Labute approximate surface area is 111 Å². The summed E-state index contributed by atoms with van der Waals surface area (Å²) in [5, 5.41) is 7.36. The standard InChI is InChI=1S/C9H9ClN4O3S/c1-16-8(15)6-7(10)13-9(18-6)11-3-2-5-12-4-17-14-5/h4H,2-3H2,1H3,(H,11,13). The third-order valence-corrected chi connectivity index (χ3v) is 3.37. The normalized spacial score (nSPS) is 10.3. The molecule has 2 rings (SSSR count). The maximum atomic E-state index is 11.3. The number of hydrogen-bond acceptors (Lipinski definition) is 8. The van der Waals surface area contributed by atoms with E-state index in [4.69, 9.17) is 11.6 Å². The van der Waals surface area contributed by atoms with E-state index in [1.165, 1.54) is 13.5 Å². The quantitative estimate of drug-likeness (QED) is 0.836. The summed E-state index contributed by atoms with van der Waals surface area (Å²) in [6.07, 6.45) is 1.85. The summed E-state index contributed by atoms with van der Waals surface area (Å²) in [6, 6.07) is 0. The highest BCUT2D eigenvalue weighted by molar-refractivity contribution is 7.18. The third-order valence-electron chi connectivity index (χ3n) is 1.99. The van der Waals surface area contributed by atoms with E-state index in [0.717, 1.165) is 11.3 Å². The van der Waals surface area contributed by atoms with E-state index in [1.807, 2.05) is 0 Å². The zero-order valence-electron chi connectivity index (χ0n) is 9.34. The molecule has 0 atom stereocenters. The molecule has 0 radical (unpaired) electrons. The van der Waals surface area contributed by atoms with E-state index in [-0.39, 0.29) is 10.0 Å². The van der Waals surface area contributed by atoms with Crippen LogP contribution in [0.1, 0.15) is 15.5 Å². The van der Waals surface area contributed by atoms with Crippen LogP contribution in [0.15, 0.2) is 10.9 Å². The monoisotopic (exact) mass is 288 g/mol. The number of rotatable bonds is 5. The fourth-order valence-corrected chi connectivity index (χ4v) is 2.31. The first-order valence-electron chi connectivity index (χ1n) is 4.94. The van der Waals surface area contributed by atoms with Gasteiger partial charge in [-0.1, -0.05) is 28.1 Å². The van der Waals surface area contributed by atoms with E-state index in [9.17, 15) is 4.79 Å². The van der Waals surface area contributed by atoms with E-state index in [0.29, 0.717) is 23.9 Å². The van der Waals surface area contributed by atoms with Gasteiger partial charge < -0.3 is 14.6 Å². The maximum Gasteiger partial charge on any atom is 0.351 e. The van der Waals surface area contributed by atoms with Crippen molar-refractivity contribution in [1.82, 2.24) is 15.1 Å². The van der Waals surface area contributed by atoms with Crippen molar-refractivity contribution in [2.45, 2.75) is 6.42 Å². The van der Waals surface area contributed by atoms with Crippen molar-refractivity contribution in [3.8, 4) is 0 Å². The van der Waals surface area contributed by atoms with Gasteiger partial charge in [-0.3, -0.25) is 0 Å². The Hall–Kier alpha value is -1.67.